The van der Waals surface area contributed by atoms with Gasteiger partial charge in [-0.05, 0) is 70.7 Å². The highest BCUT2D eigenvalue weighted by Gasteiger charge is 2.40. The first-order chi connectivity index (χ1) is 16.1. The van der Waals surface area contributed by atoms with Gasteiger partial charge in [0.15, 0.2) is 5.82 Å². The highest BCUT2D eigenvalue weighted by Crippen LogP contribution is 2.33. The predicted octanol–water partition coefficient (Wildman–Crippen LogP) is 3.89. The van der Waals surface area contributed by atoms with Gasteiger partial charge in [-0.1, -0.05) is 0 Å². The van der Waals surface area contributed by atoms with E-state index in [2.05, 4.69) is 9.97 Å². The minimum Gasteiger partial charge on any atom is -0.444 e. The van der Waals surface area contributed by atoms with Crippen molar-refractivity contribution in [1.29, 1.82) is 0 Å². The highest BCUT2D eigenvalue weighted by atomic mass is 32.2. The number of benzene rings is 1. The first kappa shape index (κ1) is 24.3. The maximum atomic E-state index is 13.4. The van der Waals surface area contributed by atoms with Gasteiger partial charge in [0.05, 0.1) is 5.56 Å². The van der Waals surface area contributed by atoms with Crippen LogP contribution in [0.15, 0.2) is 41.6 Å². The van der Waals surface area contributed by atoms with Crippen LogP contribution in [-0.2, 0) is 15.5 Å². The van der Waals surface area contributed by atoms with Gasteiger partial charge in [-0.25, -0.2) is 14.8 Å². The molecule has 2 amide bonds. The molecule has 1 aromatic heterocycles. The van der Waals surface area contributed by atoms with Crippen LogP contribution in [0.1, 0.15) is 56.8 Å². The summed E-state index contributed by atoms with van der Waals surface area (Å²) in [4.78, 5) is 39.1. The fourth-order valence-corrected chi connectivity index (χ4v) is 4.69. The molecule has 1 aromatic carbocycles. The van der Waals surface area contributed by atoms with Gasteiger partial charge in [-0.2, -0.15) is 0 Å². The van der Waals surface area contributed by atoms with Crippen LogP contribution < -0.4 is 0 Å². The second kappa shape index (κ2) is 9.82. The molecule has 34 heavy (non-hydrogen) atoms. The zero-order valence-corrected chi connectivity index (χ0v) is 21.0. The lowest BCUT2D eigenvalue weighted by Crippen LogP contribution is -2.50. The third kappa shape index (κ3) is 5.81. The lowest BCUT2D eigenvalue weighted by atomic mass is 10.0. The fraction of sp³-hybridized carbons (Fsp3) is 0.520. The van der Waals surface area contributed by atoms with Crippen molar-refractivity contribution in [1.82, 2.24) is 19.8 Å². The minimum absolute atomic E-state index is 0.0542. The molecule has 2 heterocycles. The Morgan fingerprint density at radius 2 is 1.56 bits per heavy atom. The lowest BCUT2D eigenvalue weighted by molar-refractivity contribution is 0.0142. The maximum Gasteiger partial charge on any atom is 0.410 e. The molecule has 2 fully saturated rings. The predicted molar refractivity (Wildman–Crippen MR) is 130 cm³/mol. The molecule has 4 rings (SSSR count). The number of amides is 2. The molecule has 1 unspecified atom stereocenters. The summed E-state index contributed by atoms with van der Waals surface area (Å²) >= 11 is 0. The quantitative estimate of drug-likeness (QED) is 0.639. The number of piperidine rings is 1. The molecular formula is C25H32N4O4S. The van der Waals surface area contributed by atoms with Gasteiger partial charge < -0.3 is 14.5 Å². The van der Waals surface area contributed by atoms with Gasteiger partial charge in [0.25, 0.3) is 5.91 Å². The molecule has 0 bridgehead atoms. The van der Waals surface area contributed by atoms with E-state index in [0.29, 0.717) is 24.5 Å². The zero-order chi connectivity index (χ0) is 24.5. The van der Waals surface area contributed by atoms with Crippen LogP contribution in [-0.4, -0.2) is 73.0 Å². The molecule has 8 nitrogen and oxygen atoms in total. The molecule has 0 N–H and O–H groups in total. The van der Waals surface area contributed by atoms with E-state index in [-0.39, 0.29) is 24.1 Å². The number of rotatable bonds is 5. The molecule has 2 aromatic rings. The Hall–Kier alpha value is -2.81. The Labute approximate surface area is 203 Å². The van der Waals surface area contributed by atoms with Crippen molar-refractivity contribution in [2.45, 2.75) is 69.0 Å². The van der Waals surface area contributed by atoms with Gasteiger partial charge >= 0.3 is 6.09 Å². The molecule has 9 heteroatoms. The monoisotopic (exact) mass is 484 g/mol. The standard InChI is InChI=1S/C25H32N4O4S/c1-25(2,3)33-24(31)28-13-11-20(12-14-28)29(19-7-8-19)23(30)18-15-26-22(27-16-18)17-5-9-21(10-6-17)34(4)32/h5-6,9-10,15-16,19-20H,7-8,11-14H2,1-4H3. The van der Waals surface area contributed by atoms with E-state index in [9.17, 15) is 13.8 Å². The number of hydrogen-bond acceptors (Lipinski definition) is 6. The van der Waals surface area contributed by atoms with E-state index >= 15 is 0 Å². The van der Waals surface area contributed by atoms with Crippen molar-refractivity contribution in [3.63, 3.8) is 0 Å². The molecule has 1 atom stereocenters. The number of ether oxygens (including phenoxy) is 1. The number of carbonyl (C=O) groups is 2. The van der Waals surface area contributed by atoms with Crippen LogP contribution in [0.2, 0.25) is 0 Å². The summed E-state index contributed by atoms with van der Waals surface area (Å²) in [5.74, 6) is 0.468. The normalized spacial score (nSPS) is 17.8. The molecular weight excluding hydrogens is 452 g/mol. The van der Waals surface area contributed by atoms with Gasteiger partial charge in [0.1, 0.15) is 5.60 Å². The highest BCUT2D eigenvalue weighted by molar-refractivity contribution is 7.84. The summed E-state index contributed by atoms with van der Waals surface area (Å²) in [7, 11) is -1.04. The number of hydrogen-bond donors (Lipinski definition) is 0. The summed E-state index contributed by atoms with van der Waals surface area (Å²) in [6.07, 6.45) is 7.97. The lowest BCUT2D eigenvalue weighted by Gasteiger charge is -2.39. The van der Waals surface area contributed by atoms with Crippen LogP contribution in [0.4, 0.5) is 4.79 Å². The number of nitrogens with zero attached hydrogens (tertiary/aromatic N) is 4. The molecule has 0 spiro atoms. The summed E-state index contributed by atoms with van der Waals surface area (Å²) in [6.45, 7) is 6.73. The summed E-state index contributed by atoms with van der Waals surface area (Å²) in [5, 5.41) is 0. The molecule has 182 valence electrons. The Kier molecular flexibility index (Phi) is 7.02. The molecule has 2 aliphatic rings. The van der Waals surface area contributed by atoms with E-state index in [1.807, 2.05) is 37.8 Å². The maximum absolute atomic E-state index is 13.4. The van der Waals surface area contributed by atoms with Crippen molar-refractivity contribution in [2.75, 3.05) is 19.3 Å². The van der Waals surface area contributed by atoms with E-state index in [1.54, 1.807) is 35.7 Å². The van der Waals surface area contributed by atoms with Gasteiger partial charge in [-0.15, -0.1) is 0 Å². The van der Waals surface area contributed by atoms with Crippen molar-refractivity contribution < 1.29 is 18.5 Å². The van der Waals surface area contributed by atoms with Crippen LogP contribution >= 0.6 is 0 Å². The second-order valence-electron chi connectivity index (χ2n) is 9.92. The largest absolute Gasteiger partial charge is 0.444 e. The van der Waals surface area contributed by atoms with Crippen molar-refractivity contribution in [2.24, 2.45) is 0 Å². The Morgan fingerprint density at radius 3 is 2.06 bits per heavy atom. The summed E-state index contributed by atoms with van der Waals surface area (Å²) in [5.41, 5.74) is 0.755. The summed E-state index contributed by atoms with van der Waals surface area (Å²) < 4.78 is 17.1. The van der Waals surface area contributed by atoms with Crippen LogP contribution in [0.3, 0.4) is 0 Å². The third-order valence-corrected chi connectivity index (χ3v) is 6.96. The molecule has 1 saturated carbocycles. The summed E-state index contributed by atoms with van der Waals surface area (Å²) in [6, 6.07) is 7.59. The smallest absolute Gasteiger partial charge is 0.410 e. The van der Waals surface area contributed by atoms with Crippen LogP contribution in [0.5, 0.6) is 0 Å². The van der Waals surface area contributed by atoms with E-state index in [0.717, 1.165) is 36.1 Å². The van der Waals surface area contributed by atoms with Crippen molar-refractivity contribution in [3.05, 3.63) is 42.2 Å². The zero-order valence-electron chi connectivity index (χ0n) is 20.2. The molecule has 0 radical (unpaired) electrons. The van der Waals surface area contributed by atoms with Crippen molar-refractivity contribution >= 4 is 22.8 Å². The topological polar surface area (TPSA) is 92.7 Å². The van der Waals surface area contributed by atoms with Gasteiger partial charge in [0, 0.05) is 65.1 Å². The third-order valence-electron chi connectivity index (χ3n) is 6.03. The average Bonchev–Trinajstić information content (AvgIpc) is 3.64. The number of likely N-dealkylation sites (tertiary alicyclic amines) is 1. The Bertz CT molecular complexity index is 1050. The van der Waals surface area contributed by atoms with E-state index in [4.69, 9.17) is 4.74 Å². The minimum atomic E-state index is -1.04. The number of carbonyl (C=O) groups excluding carboxylic acids is 2. The SMILES string of the molecule is CS(=O)c1ccc(-c2ncc(C(=O)N(C3CC3)C3CCN(C(=O)OC(C)(C)C)CC3)cn2)cc1. The second-order valence-corrected chi connectivity index (χ2v) is 11.3. The number of aromatic nitrogens is 2. The van der Waals surface area contributed by atoms with Gasteiger partial charge in [-0.3, -0.25) is 9.00 Å². The van der Waals surface area contributed by atoms with Crippen LogP contribution in [0, 0.1) is 0 Å². The van der Waals surface area contributed by atoms with Crippen molar-refractivity contribution in [3.8, 4) is 11.4 Å². The van der Waals surface area contributed by atoms with E-state index < -0.39 is 16.4 Å². The Balaban J connectivity index is 1.42. The Morgan fingerprint density at radius 1 is 1.00 bits per heavy atom. The average molecular weight is 485 g/mol. The molecule has 1 saturated heterocycles. The first-order valence-corrected chi connectivity index (χ1v) is 13.2. The first-order valence-electron chi connectivity index (χ1n) is 11.7. The molecule has 1 aliphatic carbocycles. The van der Waals surface area contributed by atoms with Gasteiger partial charge in [0.2, 0.25) is 0 Å². The van der Waals surface area contributed by atoms with E-state index in [1.165, 1.54) is 0 Å². The van der Waals surface area contributed by atoms with Crippen LogP contribution in [0.25, 0.3) is 11.4 Å². The molecule has 1 aliphatic heterocycles. The fourth-order valence-electron chi connectivity index (χ4n) is 4.17.